The van der Waals surface area contributed by atoms with Crippen molar-refractivity contribution in [2.24, 2.45) is 5.92 Å². The van der Waals surface area contributed by atoms with Crippen LogP contribution in [-0.4, -0.2) is 50.6 Å². The largest absolute Gasteiger partial charge is 0.480 e. The first kappa shape index (κ1) is 13.0. The molecule has 1 aliphatic rings. The van der Waals surface area contributed by atoms with Gasteiger partial charge in [-0.05, 0) is 18.8 Å². The fraction of sp³-hybridized carbons (Fsp3) is 0.667. The summed E-state index contributed by atoms with van der Waals surface area (Å²) in [6.07, 6.45) is 6.01. The van der Waals surface area contributed by atoms with Gasteiger partial charge in [0.15, 0.2) is 0 Å². The van der Waals surface area contributed by atoms with E-state index in [4.69, 9.17) is 10.2 Å². The summed E-state index contributed by atoms with van der Waals surface area (Å²) >= 11 is 0. The number of hydrogen-bond acceptors (Lipinski definition) is 4. The smallest absolute Gasteiger partial charge is 0.317 e. The first-order valence-corrected chi connectivity index (χ1v) is 6.23. The number of carboxylic acids is 1. The number of carbonyl (C=O) groups is 1. The van der Waals surface area contributed by atoms with Crippen LogP contribution in [0.15, 0.2) is 12.4 Å². The molecule has 2 rings (SSSR count). The molecule has 1 aromatic heterocycles. The maximum Gasteiger partial charge on any atom is 0.317 e. The molecular weight excluding hydrogens is 234 g/mol. The van der Waals surface area contributed by atoms with Crippen molar-refractivity contribution in [3.63, 3.8) is 0 Å². The number of rotatable bonds is 8. The van der Waals surface area contributed by atoms with Crippen molar-refractivity contribution in [2.45, 2.75) is 25.9 Å². The van der Waals surface area contributed by atoms with Crippen LogP contribution in [0, 0.1) is 5.92 Å². The summed E-state index contributed by atoms with van der Waals surface area (Å²) in [6.45, 7) is 2.05. The van der Waals surface area contributed by atoms with E-state index in [1.165, 1.54) is 12.8 Å². The van der Waals surface area contributed by atoms with Crippen molar-refractivity contribution in [2.75, 3.05) is 19.7 Å². The van der Waals surface area contributed by atoms with E-state index in [9.17, 15) is 4.79 Å². The maximum absolute atomic E-state index is 10.8. The van der Waals surface area contributed by atoms with Gasteiger partial charge in [0.1, 0.15) is 0 Å². The molecule has 0 atom stereocenters. The Morgan fingerprint density at radius 3 is 2.94 bits per heavy atom. The Balaban J connectivity index is 1.90. The normalized spacial score (nSPS) is 15.2. The Bertz CT molecular complexity index is 401. The van der Waals surface area contributed by atoms with E-state index in [2.05, 4.69) is 5.10 Å². The summed E-state index contributed by atoms with van der Waals surface area (Å²) < 4.78 is 1.67. The molecule has 1 heterocycles. The third-order valence-electron chi connectivity index (χ3n) is 2.99. The van der Waals surface area contributed by atoms with Crippen LogP contribution in [-0.2, 0) is 17.9 Å². The number of nitrogens with zero attached hydrogens (tertiary/aromatic N) is 3. The van der Waals surface area contributed by atoms with Gasteiger partial charge >= 0.3 is 5.97 Å². The Morgan fingerprint density at radius 2 is 2.33 bits per heavy atom. The molecular formula is C12H19N3O3. The molecule has 1 aromatic rings. The van der Waals surface area contributed by atoms with Crippen LogP contribution in [0.2, 0.25) is 0 Å². The molecule has 0 aliphatic heterocycles. The van der Waals surface area contributed by atoms with Crippen molar-refractivity contribution < 1.29 is 15.0 Å². The highest BCUT2D eigenvalue weighted by Gasteiger charge is 2.25. The second kappa shape index (κ2) is 5.97. The van der Waals surface area contributed by atoms with Crippen molar-refractivity contribution in [1.29, 1.82) is 0 Å². The van der Waals surface area contributed by atoms with Crippen molar-refractivity contribution in [3.8, 4) is 0 Å². The number of aromatic nitrogens is 2. The lowest BCUT2D eigenvalue weighted by molar-refractivity contribution is -0.138. The summed E-state index contributed by atoms with van der Waals surface area (Å²) in [6, 6.07) is 0. The zero-order valence-corrected chi connectivity index (χ0v) is 10.3. The monoisotopic (exact) mass is 253 g/mol. The quantitative estimate of drug-likeness (QED) is 0.690. The van der Waals surface area contributed by atoms with Gasteiger partial charge in [0, 0.05) is 24.8 Å². The van der Waals surface area contributed by atoms with Crippen LogP contribution in [0.4, 0.5) is 0 Å². The Labute approximate surface area is 106 Å². The van der Waals surface area contributed by atoms with Crippen LogP contribution in [0.5, 0.6) is 0 Å². The maximum atomic E-state index is 10.8. The van der Waals surface area contributed by atoms with Crippen molar-refractivity contribution in [3.05, 3.63) is 18.0 Å². The van der Waals surface area contributed by atoms with E-state index in [1.807, 2.05) is 11.1 Å². The van der Waals surface area contributed by atoms with E-state index in [1.54, 1.807) is 10.9 Å². The minimum Gasteiger partial charge on any atom is -0.480 e. The van der Waals surface area contributed by atoms with Crippen LogP contribution < -0.4 is 0 Å². The molecule has 0 saturated heterocycles. The van der Waals surface area contributed by atoms with E-state index in [-0.39, 0.29) is 13.2 Å². The number of carboxylic acid groups (broad SMARTS) is 1. The van der Waals surface area contributed by atoms with Gasteiger partial charge in [0.05, 0.1) is 25.9 Å². The molecule has 18 heavy (non-hydrogen) atoms. The lowest BCUT2D eigenvalue weighted by atomic mass is 10.3. The predicted molar refractivity (Wildman–Crippen MR) is 64.9 cm³/mol. The van der Waals surface area contributed by atoms with Gasteiger partial charge in [0.2, 0.25) is 0 Å². The Kier molecular flexibility index (Phi) is 4.33. The van der Waals surface area contributed by atoms with Gasteiger partial charge in [-0.3, -0.25) is 14.4 Å². The highest BCUT2D eigenvalue weighted by Crippen LogP contribution is 2.30. The van der Waals surface area contributed by atoms with Gasteiger partial charge in [0.25, 0.3) is 0 Å². The van der Waals surface area contributed by atoms with Gasteiger partial charge in [-0.15, -0.1) is 0 Å². The van der Waals surface area contributed by atoms with E-state index in [0.717, 1.165) is 12.1 Å². The number of aliphatic carboxylic acids is 1. The van der Waals surface area contributed by atoms with E-state index in [0.29, 0.717) is 19.0 Å². The Hall–Kier alpha value is -1.40. The van der Waals surface area contributed by atoms with Gasteiger partial charge in [-0.1, -0.05) is 0 Å². The molecule has 1 aliphatic carbocycles. The predicted octanol–water partition coefficient (Wildman–Crippen LogP) is 0.172. The van der Waals surface area contributed by atoms with E-state index < -0.39 is 5.97 Å². The fourth-order valence-electron chi connectivity index (χ4n) is 2.01. The Morgan fingerprint density at radius 1 is 1.56 bits per heavy atom. The zero-order chi connectivity index (χ0) is 13.0. The molecule has 1 saturated carbocycles. The first-order valence-electron chi connectivity index (χ1n) is 6.23. The lowest BCUT2D eigenvalue weighted by Crippen LogP contribution is -2.31. The molecule has 0 radical (unpaired) electrons. The standard InChI is InChI=1S/C12H19N3O3/c16-4-3-15-8-11(5-13-15)7-14(9-12(17)18)6-10-1-2-10/h5,8,10,16H,1-4,6-7,9H2,(H,17,18). The molecule has 2 N–H and O–H groups in total. The first-order chi connectivity index (χ1) is 8.67. The summed E-state index contributed by atoms with van der Waals surface area (Å²) in [4.78, 5) is 12.8. The van der Waals surface area contributed by atoms with Crippen LogP contribution in [0.3, 0.4) is 0 Å². The minimum atomic E-state index is -0.793. The molecule has 0 unspecified atom stereocenters. The average molecular weight is 253 g/mol. The van der Waals surface area contributed by atoms with E-state index >= 15 is 0 Å². The molecule has 0 amide bonds. The summed E-state index contributed by atoms with van der Waals surface area (Å²) in [5.74, 6) is -0.129. The van der Waals surface area contributed by atoms with Gasteiger partial charge in [-0.2, -0.15) is 5.10 Å². The van der Waals surface area contributed by atoms with Crippen LogP contribution >= 0.6 is 0 Å². The molecule has 100 valence electrons. The highest BCUT2D eigenvalue weighted by atomic mass is 16.4. The number of aliphatic hydroxyl groups is 1. The average Bonchev–Trinajstić information content (AvgIpc) is 2.99. The topological polar surface area (TPSA) is 78.6 Å². The highest BCUT2D eigenvalue weighted by molar-refractivity contribution is 5.69. The molecule has 6 heteroatoms. The number of hydrogen-bond donors (Lipinski definition) is 2. The molecule has 1 fully saturated rings. The molecule has 0 spiro atoms. The zero-order valence-electron chi connectivity index (χ0n) is 10.3. The fourth-order valence-corrected chi connectivity index (χ4v) is 2.01. The summed E-state index contributed by atoms with van der Waals surface area (Å²) in [5.41, 5.74) is 0.991. The van der Waals surface area contributed by atoms with Crippen molar-refractivity contribution in [1.82, 2.24) is 14.7 Å². The molecule has 6 nitrogen and oxygen atoms in total. The summed E-state index contributed by atoms with van der Waals surface area (Å²) in [5, 5.41) is 21.8. The summed E-state index contributed by atoms with van der Waals surface area (Å²) in [7, 11) is 0. The third-order valence-corrected chi connectivity index (χ3v) is 2.99. The van der Waals surface area contributed by atoms with Crippen LogP contribution in [0.25, 0.3) is 0 Å². The second-order valence-electron chi connectivity index (χ2n) is 4.84. The van der Waals surface area contributed by atoms with Gasteiger partial charge in [-0.25, -0.2) is 0 Å². The van der Waals surface area contributed by atoms with Gasteiger partial charge < -0.3 is 10.2 Å². The number of aliphatic hydroxyl groups excluding tert-OH is 1. The molecule has 0 aromatic carbocycles. The second-order valence-corrected chi connectivity index (χ2v) is 4.84. The molecule has 0 bridgehead atoms. The SMILES string of the molecule is O=C(O)CN(Cc1cnn(CCO)c1)CC1CC1. The third kappa shape index (κ3) is 4.12. The minimum absolute atomic E-state index is 0.0576. The van der Waals surface area contributed by atoms with Crippen molar-refractivity contribution >= 4 is 5.97 Å². The lowest BCUT2D eigenvalue weighted by Gasteiger charge is -2.18. The van der Waals surface area contributed by atoms with Crippen LogP contribution in [0.1, 0.15) is 18.4 Å².